The van der Waals surface area contributed by atoms with E-state index in [9.17, 15) is 0 Å². The number of benzene rings is 11. The molecule has 3 nitrogen and oxygen atoms in total. The van der Waals surface area contributed by atoms with Gasteiger partial charge in [-0.3, -0.25) is 0 Å². The highest BCUT2D eigenvalue weighted by Gasteiger charge is 2.51. The third kappa shape index (κ3) is 6.37. The van der Waals surface area contributed by atoms with Crippen molar-refractivity contribution in [2.45, 2.75) is 19.3 Å². The lowest BCUT2D eigenvalue weighted by Crippen LogP contribution is -2.72. The third-order valence-corrected chi connectivity index (χ3v) is 22.0. The predicted molar refractivity (Wildman–Crippen MR) is 312 cm³/mol. The Morgan fingerprint density at radius 2 is 0.919 bits per heavy atom. The Kier molecular flexibility index (Phi) is 9.50. The summed E-state index contributed by atoms with van der Waals surface area (Å²) in [5, 5.41) is 7.87. The molecule has 1 aliphatic carbocycles. The largest absolute Gasteiger partial charge is 0.449 e. The first-order valence-corrected chi connectivity index (χ1v) is 28.3. The Balaban J connectivity index is 0.901. The summed E-state index contributed by atoms with van der Waals surface area (Å²) in [5.74, 6) is 3.00. The summed E-state index contributed by atoms with van der Waals surface area (Å²) in [6, 6.07) is 91.7. The van der Waals surface area contributed by atoms with E-state index in [1.165, 1.54) is 91.0 Å². The molecule has 15 rings (SSSR count). The number of hydrogen-bond donors (Lipinski definition) is 0. The fraction of sp³-hybridized carbons (Fsp3) is 0.0435. The van der Waals surface area contributed by atoms with Crippen molar-refractivity contribution < 1.29 is 9.47 Å². The van der Waals surface area contributed by atoms with Crippen LogP contribution in [0.25, 0.3) is 64.7 Å². The summed E-state index contributed by atoms with van der Waals surface area (Å²) in [6.45, 7) is 4.73. The number of nitrogens with zero attached hydrogens (tertiary/aromatic N) is 1. The molecule has 0 spiro atoms. The molecule has 0 bridgehead atoms. The fourth-order valence-corrected chi connectivity index (χ4v) is 19.0. The van der Waals surface area contributed by atoms with Crippen molar-refractivity contribution >= 4 is 77.4 Å². The van der Waals surface area contributed by atoms with Crippen LogP contribution in [0.4, 0.5) is 17.1 Å². The number of rotatable bonds is 7. The first-order valence-electron chi connectivity index (χ1n) is 25.5. The van der Waals surface area contributed by atoms with Crippen LogP contribution in [0.5, 0.6) is 23.0 Å². The summed E-state index contributed by atoms with van der Waals surface area (Å²) in [7, 11) is -2.99. The molecule has 2 aliphatic heterocycles. The van der Waals surface area contributed by atoms with E-state index in [1.807, 2.05) is 35.6 Å². The van der Waals surface area contributed by atoms with Crippen LogP contribution in [0, 0.1) is 0 Å². The molecule has 0 saturated heterocycles. The average molecular weight is 982 g/mol. The van der Waals surface area contributed by atoms with E-state index < -0.39 is 8.07 Å². The van der Waals surface area contributed by atoms with Crippen molar-refractivity contribution in [3.8, 4) is 67.5 Å². The van der Waals surface area contributed by atoms with Gasteiger partial charge in [-0.25, -0.2) is 0 Å². The second-order valence-electron chi connectivity index (χ2n) is 20.3. The molecule has 11 aromatic carbocycles. The molecule has 12 aromatic rings. The Labute approximate surface area is 435 Å². The second kappa shape index (κ2) is 16.4. The van der Waals surface area contributed by atoms with Crippen molar-refractivity contribution in [1.82, 2.24) is 0 Å². The smallest absolute Gasteiger partial charge is 0.181 e. The first-order chi connectivity index (χ1) is 36.4. The maximum absolute atomic E-state index is 6.89. The van der Waals surface area contributed by atoms with E-state index in [1.54, 1.807) is 0 Å². The SMILES string of the molecule is CC1(C)c2ccccc2-c2ccc(N(c3ccc(-c4ccccc4)cc3)c3ccc4c(c3)sc3cc([Si]5(c6ccc(-c7ccccc7)cc6)c6ccccc6-c6c5ccc5c6Oc6ccccc6O5)ccc34)cc21. The van der Waals surface area contributed by atoms with Crippen LogP contribution in [-0.4, -0.2) is 8.07 Å². The van der Waals surface area contributed by atoms with Gasteiger partial charge in [0.05, 0.1) is 0 Å². The van der Waals surface area contributed by atoms with E-state index in [4.69, 9.17) is 9.47 Å². The number of fused-ring (bicyclic) bond motifs is 12. The predicted octanol–water partition coefficient (Wildman–Crippen LogP) is 16.4. The number of anilines is 3. The molecule has 0 saturated carbocycles. The lowest BCUT2D eigenvalue weighted by atomic mass is 9.82. The van der Waals surface area contributed by atoms with Gasteiger partial charge in [-0.15, -0.1) is 11.3 Å². The summed E-state index contributed by atoms with van der Waals surface area (Å²) in [6.07, 6.45) is 0. The van der Waals surface area contributed by atoms with Gasteiger partial charge in [0.25, 0.3) is 0 Å². The number of ether oxygens (including phenoxy) is 2. The highest BCUT2D eigenvalue weighted by molar-refractivity contribution is 7.26. The normalized spacial score (nSPS) is 15.3. The summed E-state index contributed by atoms with van der Waals surface area (Å²) < 4.78 is 16.0. The first kappa shape index (κ1) is 42.9. The highest BCUT2D eigenvalue weighted by Crippen LogP contribution is 2.53. The van der Waals surface area contributed by atoms with Crippen molar-refractivity contribution in [3.63, 3.8) is 0 Å². The highest BCUT2D eigenvalue weighted by atomic mass is 32.1. The van der Waals surface area contributed by atoms with Gasteiger partial charge in [-0.05, 0) is 131 Å². The third-order valence-electron chi connectivity index (χ3n) is 16.0. The summed E-state index contributed by atoms with van der Waals surface area (Å²) in [5.41, 5.74) is 15.8. The van der Waals surface area contributed by atoms with Crippen LogP contribution in [-0.2, 0) is 5.41 Å². The van der Waals surface area contributed by atoms with E-state index in [2.05, 4.69) is 243 Å². The zero-order valence-electron chi connectivity index (χ0n) is 40.8. The van der Waals surface area contributed by atoms with E-state index >= 15 is 0 Å². The average Bonchev–Trinajstić information content (AvgIpc) is 4.07. The molecule has 3 aliphatic rings. The molecule has 5 heteroatoms. The molecule has 1 atom stereocenters. The molecular weight excluding hydrogens is 935 g/mol. The van der Waals surface area contributed by atoms with Crippen molar-refractivity contribution in [2.75, 3.05) is 4.90 Å². The lowest BCUT2D eigenvalue weighted by Gasteiger charge is -2.32. The Hall–Kier alpha value is -8.74. The molecule has 1 aromatic heterocycles. The van der Waals surface area contributed by atoms with Gasteiger partial charge in [-0.2, -0.15) is 0 Å². The van der Waals surface area contributed by atoms with Crippen LogP contribution in [0.2, 0.25) is 0 Å². The van der Waals surface area contributed by atoms with Gasteiger partial charge < -0.3 is 14.4 Å². The minimum atomic E-state index is -2.99. The number of hydrogen-bond acceptors (Lipinski definition) is 4. The number of thiophene rings is 1. The molecular formula is C69H47NO2SSi. The van der Waals surface area contributed by atoms with E-state index in [0.717, 1.165) is 45.6 Å². The molecule has 0 fully saturated rings. The van der Waals surface area contributed by atoms with Crippen LogP contribution in [0.1, 0.15) is 25.0 Å². The topological polar surface area (TPSA) is 21.7 Å². The van der Waals surface area contributed by atoms with Crippen molar-refractivity contribution in [1.29, 1.82) is 0 Å². The van der Waals surface area contributed by atoms with Crippen LogP contribution >= 0.6 is 11.3 Å². The molecule has 1 unspecified atom stereocenters. The molecule has 0 N–H and O–H groups in total. The quantitative estimate of drug-likeness (QED) is 0.149. The standard InChI is InChI=1S/C69H47NO2SSi/c1-69(2)58-21-11-9-19-53(58)54-36-31-49(41-59(54)69)70(48-29-25-46(26-30-48)44-15-5-3-6-16-44)50-32-37-55-56-38-35-52(43-64(56)73-63(55)42-50)74(51-33-27-47(28-34-51)45-17-7-4-8-18-45)65-24-14-10-20-57(65)67-66(74)40-39-62-68(67)72-61-23-13-12-22-60(61)71-62/h3-43H,1-2H3. The van der Waals surface area contributed by atoms with Gasteiger partial charge in [0.1, 0.15) is 0 Å². The van der Waals surface area contributed by atoms with E-state index in [0.29, 0.717) is 0 Å². The molecule has 0 radical (unpaired) electrons. The second-order valence-corrected chi connectivity index (χ2v) is 25.2. The van der Waals surface area contributed by atoms with Crippen molar-refractivity contribution in [2.24, 2.45) is 0 Å². The Bertz CT molecular complexity index is 4220. The van der Waals surface area contributed by atoms with E-state index in [-0.39, 0.29) is 5.41 Å². The molecule has 3 heterocycles. The summed E-state index contributed by atoms with van der Waals surface area (Å²) >= 11 is 1.89. The molecule has 350 valence electrons. The summed E-state index contributed by atoms with van der Waals surface area (Å²) in [4.78, 5) is 2.45. The monoisotopic (exact) mass is 981 g/mol. The maximum Gasteiger partial charge on any atom is 0.181 e. The molecule has 74 heavy (non-hydrogen) atoms. The lowest BCUT2D eigenvalue weighted by molar-refractivity contribution is 0.361. The van der Waals surface area contributed by atoms with Crippen LogP contribution < -0.4 is 35.1 Å². The maximum atomic E-state index is 6.89. The van der Waals surface area contributed by atoms with Crippen LogP contribution in [0.3, 0.4) is 0 Å². The molecule has 0 amide bonds. The minimum Gasteiger partial charge on any atom is -0.449 e. The van der Waals surface area contributed by atoms with Gasteiger partial charge in [0, 0.05) is 48.2 Å². The Morgan fingerprint density at radius 3 is 1.66 bits per heavy atom. The van der Waals surface area contributed by atoms with Gasteiger partial charge in [-0.1, -0.05) is 202 Å². The zero-order chi connectivity index (χ0) is 49.1. The van der Waals surface area contributed by atoms with Crippen molar-refractivity contribution in [3.05, 3.63) is 260 Å². The zero-order valence-corrected chi connectivity index (χ0v) is 42.7. The number of para-hydroxylation sites is 2. The fourth-order valence-electron chi connectivity index (χ4n) is 12.5. The van der Waals surface area contributed by atoms with Gasteiger partial charge in [0.2, 0.25) is 0 Å². The van der Waals surface area contributed by atoms with Crippen LogP contribution in [0.15, 0.2) is 249 Å². The van der Waals surface area contributed by atoms with Gasteiger partial charge >= 0.3 is 0 Å². The van der Waals surface area contributed by atoms with Gasteiger partial charge in [0.15, 0.2) is 31.1 Å². The minimum absolute atomic E-state index is 0.131. The Morgan fingerprint density at radius 1 is 0.378 bits per heavy atom.